The van der Waals surface area contributed by atoms with Gasteiger partial charge in [0.05, 0.1) is 22.7 Å². The second kappa shape index (κ2) is 4.88. The molecule has 1 aromatic rings. The summed E-state index contributed by atoms with van der Waals surface area (Å²) in [7, 11) is -2.98. The first-order valence-corrected chi connectivity index (χ1v) is 8.07. The lowest BCUT2D eigenvalue weighted by Crippen LogP contribution is -2.22. The number of hydrogen-bond donors (Lipinski definition) is 1. The second-order valence-corrected chi connectivity index (χ2v) is 7.69. The summed E-state index contributed by atoms with van der Waals surface area (Å²) in [4.78, 5) is 10.9. The summed E-state index contributed by atoms with van der Waals surface area (Å²) in [5.41, 5.74) is 5.12. The second-order valence-electron chi connectivity index (χ2n) is 4.17. The van der Waals surface area contributed by atoms with Gasteiger partial charge in [-0.3, -0.25) is 4.79 Å². The molecule has 100 valence electrons. The van der Waals surface area contributed by atoms with Crippen molar-refractivity contribution in [2.24, 2.45) is 5.73 Å². The minimum atomic E-state index is -2.98. The van der Waals surface area contributed by atoms with Gasteiger partial charge in [-0.25, -0.2) is 8.42 Å². The molecule has 1 fully saturated rings. The van der Waals surface area contributed by atoms with Gasteiger partial charge in [-0.2, -0.15) is 0 Å². The Morgan fingerprint density at radius 3 is 2.83 bits per heavy atom. The van der Waals surface area contributed by atoms with Gasteiger partial charge < -0.3 is 10.2 Å². The van der Waals surface area contributed by atoms with E-state index >= 15 is 0 Å². The van der Waals surface area contributed by atoms with Crippen molar-refractivity contribution in [1.29, 1.82) is 0 Å². The van der Waals surface area contributed by atoms with Crippen LogP contribution in [0.1, 0.15) is 25.2 Å². The van der Waals surface area contributed by atoms with Crippen molar-refractivity contribution in [3.8, 4) is 0 Å². The molecule has 9 heteroatoms. The first-order chi connectivity index (χ1) is 8.37. The third-order valence-electron chi connectivity index (χ3n) is 2.68. The largest absolute Gasteiger partial charge is 0.416 e. The zero-order valence-corrected chi connectivity index (χ0v) is 11.3. The monoisotopic (exact) mass is 291 g/mol. The topological polar surface area (TPSA) is 116 Å². The summed E-state index contributed by atoms with van der Waals surface area (Å²) < 4.78 is 28.0. The number of thioether (sulfide) groups is 1. The first kappa shape index (κ1) is 13.3. The van der Waals surface area contributed by atoms with Gasteiger partial charge in [0.15, 0.2) is 9.84 Å². The van der Waals surface area contributed by atoms with E-state index < -0.39 is 21.0 Å². The lowest BCUT2D eigenvalue weighted by molar-refractivity contribution is -0.117. The zero-order chi connectivity index (χ0) is 13.3. The van der Waals surface area contributed by atoms with E-state index in [2.05, 4.69) is 10.2 Å². The molecule has 0 bridgehead atoms. The number of nitrogens with zero attached hydrogens (tertiary/aromatic N) is 2. The van der Waals surface area contributed by atoms with Crippen LogP contribution in [0.15, 0.2) is 9.64 Å². The SMILES string of the molecule is C[C@@H](Sc1nnc([C@@H]2CCS(=O)(=O)C2)o1)C(N)=O. The average molecular weight is 291 g/mol. The summed E-state index contributed by atoms with van der Waals surface area (Å²) in [5.74, 6) is -0.190. The molecule has 2 N–H and O–H groups in total. The maximum Gasteiger partial charge on any atom is 0.277 e. The van der Waals surface area contributed by atoms with Crippen LogP contribution in [-0.4, -0.2) is 41.3 Å². The van der Waals surface area contributed by atoms with Crippen LogP contribution in [0.25, 0.3) is 0 Å². The molecule has 0 radical (unpaired) electrons. The van der Waals surface area contributed by atoms with Gasteiger partial charge >= 0.3 is 0 Å². The van der Waals surface area contributed by atoms with E-state index in [0.717, 1.165) is 11.8 Å². The molecule has 1 aliphatic heterocycles. The molecule has 1 amide bonds. The molecule has 2 rings (SSSR count). The van der Waals surface area contributed by atoms with E-state index in [-0.39, 0.29) is 22.6 Å². The van der Waals surface area contributed by atoms with Gasteiger partial charge in [-0.05, 0) is 13.3 Å². The lowest BCUT2D eigenvalue weighted by atomic mass is 10.1. The fourth-order valence-corrected chi connectivity index (χ4v) is 4.00. The Labute approximate surface area is 108 Å². The molecule has 1 aromatic heterocycles. The number of carbonyl (C=O) groups is 1. The molecular formula is C9H13N3O4S2. The van der Waals surface area contributed by atoms with E-state index in [1.54, 1.807) is 6.92 Å². The maximum absolute atomic E-state index is 11.3. The van der Waals surface area contributed by atoms with E-state index in [4.69, 9.17) is 10.2 Å². The summed E-state index contributed by atoms with van der Waals surface area (Å²) >= 11 is 1.07. The Balaban J connectivity index is 2.05. The minimum Gasteiger partial charge on any atom is -0.416 e. The van der Waals surface area contributed by atoms with E-state index in [0.29, 0.717) is 12.3 Å². The van der Waals surface area contributed by atoms with Crippen LogP contribution >= 0.6 is 11.8 Å². The Hall–Kier alpha value is -1.09. The van der Waals surface area contributed by atoms with Crippen molar-refractivity contribution >= 4 is 27.5 Å². The fraction of sp³-hybridized carbons (Fsp3) is 0.667. The number of carbonyl (C=O) groups excluding carboxylic acids is 1. The van der Waals surface area contributed by atoms with Crippen molar-refractivity contribution in [2.75, 3.05) is 11.5 Å². The van der Waals surface area contributed by atoms with Crippen molar-refractivity contribution < 1.29 is 17.6 Å². The molecule has 7 nitrogen and oxygen atoms in total. The van der Waals surface area contributed by atoms with Gasteiger partial charge in [0.2, 0.25) is 11.8 Å². The molecule has 1 aliphatic rings. The molecular weight excluding hydrogens is 278 g/mol. The third-order valence-corrected chi connectivity index (χ3v) is 5.40. The molecule has 0 spiro atoms. The van der Waals surface area contributed by atoms with Gasteiger partial charge in [0.25, 0.3) is 5.22 Å². The summed E-state index contributed by atoms with van der Waals surface area (Å²) in [5, 5.41) is 7.37. The molecule has 2 heterocycles. The summed E-state index contributed by atoms with van der Waals surface area (Å²) in [6, 6.07) is 0. The Kier molecular flexibility index (Phi) is 3.62. The maximum atomic E-state index is 11.3. The highest BCUT2D eigenvalue weighted by atomic mass is 32.2. The molecule has 0 unspecified atom stereocenters. The number of aromatic nitrogens is 2. The van der Waals surface area contributed by atoms with Crippen LogP contribution < -0.4 is 5.73 Å². The molecule has 18 heavy (non-hydrogen) atoms. The number of nitrogens with two attached hydrogens (primary N) is 1. The number of hydrogen-bond acceptors (Lipinski definition) is 7. The molecule has 1 saturated heterocycles. The molecule has 2 atom stereocenters. The Morgan fingerprint density at radius 1 is 1.56 bits per heavy atom. The highest BCUT2D eigenvalue weighted by molar-refractivity contribution is 8.00. The normalized spacial score (nSPS) is 23.9. The van der Waals surface area contributed by atoms with E-state index in [9.17, 15) is 13.2 Å². The highest BCUT2D eigenvalue weighted by Gasteiger charge is 2.33. The summed E-state index contributed by atoms with van der Waals surface area (Å²) in [6.45, 7) is 1.64. The predicted octanol–water partition coefficient (Wildman–Crippen LogP) is -0.0624. The number of rotatable bonds is 4. The standard InChI is InChI=1S/C9H13N3O4S2/c1-5(7(10)13)17-9-12-11-8(16-9)6-2-3-18(14,15)4-6/h5-6H,2-4H2,1H3,(H2,10,13)/t5-,6-/m1/s1. The molecule has 0 aromatic carbocycles. The van der Waals surface area contributed by atoms with Gasteiger partial charge in [0, 0.05) is 0 Å². The quantitative estimate of drug-likeness (QED) is 0.772. The van der Waals surface area contributed by atoms with Crippen LogP contribution in [-0.2, 0) is 14.6 Å². The van der Waals surface area contributed by atoms with Crippen LogP contribution in [0, 0.1) is 0 Å². The lowest BCUT2D eigenvalue weighted by Gasteiger charge is -2.02. The molecule has 0 saturated carbocycles. The van der Waals surface area contributed by atoms with Crippen molar-refractivity contribution in [3.05, 3.63) is 5.89 Å². The smallest absolute Gasteiger partial charge is 0.277 e. The number of primary amides is 1. The van der Waals surface area contributed by atoms with E-state index in [1.165, 1.54) is 0 Å². The number of sulfone groups is 1. The average Bonchev–Trinajstić information content (AvgIpc) is 2.84. The van der Waals surface area contributed by atoms with Crippen LogP contribution in [0.4, 0.5) is 0 Å². The van der Waals surface area contributed by atoms with Crippen LogP contribution in [0.5, 0.6) is 0 Å². The minimum absolute atomic E-state index is 0.0463. The van der Waals surface area contributed by atoms with Crippen molar-refractivity contribution in [3.63, 3.8) is 0 Å². The van der Waals surface area contributed by atoms with Crippen molar-refractivity contribution in [2.45, 2.75) is 29.7 Å². The number of amides is 1. The fourth-order valence-electron chi connectivity index (χ4n) is 1.63. The van der Waals surface area contributed by atoms with E-state index in [1.807, 2.05) is 0 Å². The molecule has 0 aliphatic carbocycles. The van der Waals surface area contributed by atoms with Gasteiger partial charge in [-0.15, -0.1) is 10.2 Å². The zero-order valence-electron chi connectivity index (χ0n) is 9.70. The summed E-state index contributed by atoms with van der Waals surface area (Å²) in [6.07, 6.45) is 0.500. The van der Waals surface area contributed by atoms with Crippen molar-refractivity contribution in [1.82, 2.24) is 10.2 Å². The Morgan fingerprint density at radius 2 is 2.28 bits per heavy atom. The Bertz CT molecular complexity index is 554. The van der Waals surface area contributed by atoms with Crippen LogP contribution in [0.2, 0.25) is 0 Å². The highest BCUT2D eigenvalue weighted by Crippen LogP contribution is 2.30. The van der Waals surface area contributed by atoms with Gasteiger partial charge in [-0.1, -0.05) is 11.8 Å². The predicted molar refractivity (Wildman–Crippen MR) is 64.8 cm³/mol. The van der Waals surface area contributed by atoms with Crippen LogP contribution in [0.3, 0.4) is 0 Å². The third kappa shape index (κ3) is 3.02. The van der Waals surface area contributed by atoms with Gasteiger partial charge in [0.1, 0.15) is 0 Å². The first-order valence-electron chi connectivity index (χ1n) is 5.37.